The monoisotopic (exact) mass is 267 g/mol. The summed E-state index contributed by atoms with van der Waals surface area (Å²) in [7, 11) is 0. The van der Waals surface area contributed by atoms with E-state index in [1.165, 1.54) is 64.2 Å². The maximum absolute atomic E-state index is 4.11. The maximum Gasteiger partial charge on any atom is 0.0126 e. The first-order valence-electron chi connectivity index (χ1n) is 8.15. The van der Waals surface area contributed by atoms with Crippen molar-refractivity contribution in [1.82, 2.24) is 5.32 Å². The molecule has 0 aromatic heterocycles. The first-order chi connectivity index (χ1) is 8.86. The van der Waals surface area contributed by atoms with E-state index >= 15 is 0 Å². The second kappa shape index (κ2) is 6.17. The first kappa shape index (κ1) is 13.3. The van der Waals surface area contributed by atoms with Gasteiger partial charge in [0.25, 0.3) is 0 Å². The summed E-state index contributed by atoms with van der Waals surface area (Å²) in [6.45, 7) is 0. The molecule has 0 aromatic carbocycles. The van der Waals surface area contributed by atoms with Crippen LogP contribution in [-0.2, 0) is 0 Å². The standard InChI is InChI=1S/C16H29NS/c1-18-15-10-4-9-14(11-15)17-16(12-5-2-6-12)13-7-3-8-13/h12-17H,2-11H2,1H3. The van der Waals surface area contributed by atoms with Crippen molar-refractivity contribution < 1.29 is 0 Å². The van der Waals surface area contributed by atoms with Crippen LogP contribution in [0, 0.1) is 11.8 Å². The molecule has 3 saturated carbocycles. The SMILES string of the molecule is CSC1CCCC(NC(C2CCC2)C2CCC2)C1. The van der Waals surface area contributed by atoms with Crippen molar-refractivity contribution in [2.75, 3.05) is 6.26 Å². The quantitative estimate of drug-likeness (QED) is 0.800. The molecule has 1 nitrogen and oxygen atoms in total. The zero-order chi connectivity index (χ0) is 12.4. The minimum Gasteiger partial charge on any atom is -0.311 e. The lowest BCUT2D eigenvalue weighted by Gasteiger charge is -2.45. The number of hydrogen-bond acceptors (Lipinski definition) is 2. The van der Waals surface area contributed by atoms with E-state index in [0.717, 1.165) is 29.2 Å². The molecule has 18 heavy (non-hydrogen) atoms. The Morgan fingerprint density at radius 1 is 0.889 bits per heavy atom. The summed E-state index contributed by atoms with van der Waals surface area (Å²) in [6, 6.07) is 1.72. The second-order valence-corrected chi connectivity index (χ2v) is 7.93. The molecule has 0 saturated heterocycles. The summed E-state index contributed by atoms with van der Waals surface area (Å²) < 4.78 is 0. The fourth-order valence-corrected chi connectivity index (χ4v) is 4.86. The molecule has 2 atom stereocenters. The fourth-order valence-electron chi connectivity index (χ4n) is 4.04. The lowest BCUT2D eigenvalue weighted by Crippen LogP contribution is -2.52. The Balaban J connectivity index is 1.54. The lowest BCUT2D eigenvalue weighted by atomic mass is 9.68. The highest BCUT2D eigenvalue weighted by molar-refractivity contribution is 7.99. The van der Waals surface area contributed by atoms with Crippen molar-refractivity contribution in [2.24, 2.45) is 11.8 Å². The van der Waals surface area contributed by atoms with Crippen molar-refractivity contribution >= 4 is 11.8 Å². The van der Waals surface area contributed by atoms with Crippen molar-refractivity contribution in [3.05, 3.63) is 0 Å². The average molecular weight is 267 g/mol. The Hall–Kier alpha value is 0.310. The van der Waals surface area contributed by atoms with Gasteiger partial charge in [0.05, 0.1) is 0 Å². The molecule has 1 N–H and O–H groups in total. The molecule has 104 valence electrons. The molecule has 3 fully saturated rings. The average Bonchev–Trinajstić information content (AvgIpc) is 2.24. The van der Waals surface area contributed by atoms with E-state index < -0.39 is 0 Å². The minimum absolute atomic E-state index is 0.836. The predicted octanol–water partition coefficient (Wildman–Crippen LogP) is 4.22. The molecule has 0 bridgehead atoms. The minimum atomic E-state index is 0.836. The first-order valence-corrected chi connectivity index (χ1v) is 9.44. The van der Waals surface area contributed by atoms with Gasteiger partial charge >= 0.3 is 0 Å². The van der Waals surface area contributed by atoms with Gasteiger partial charge in [-0.25, -0.2) is 0 Å². The third kappa shape index (κ3) is 2.90. The number of nitrogens with one attached hydrogen (secondary N) is 1. The van der Waals surface area contributed by atoms with Gasteiger partial charge < -0.3 is 5.32 Å². The van der Waals surface area contributed by atoms with Crippen LogP contribution in [0.3, 0.4) is 0 Å². The molecule has 2 heteroatoms. The highest BCUT2D eigenvalue weighted by Crippen LogP contribution is 2.41. The summed E-state index contributed by atoms with van der Waals surface area (Å²) in [6.07, 6.45) is 17.1. The molecule has 0 radical (unpaired) electrons. The second-order valence-electron chi connectivity index (χ2n) is 6.80. The third-order valence-corrected chi connectivity index (χ3v) is 6.80. The zero-order valence-electron chi connectivity index (χ0n) is 11.9. The van der Waals surface area contributed by atoms with Crippen LogP contribution in [0.2, 0.25) is 0 Å². The van der Waals surface area contributed by atoms with Crippen LogP contribution in [0.4, 0.5) is 0 Å². The van der Waals surface area contributed by atoms with Crippen LogP contribution in [-0.4, -0.2) is 23.6 Å². The maximum atomic E-state index is 4.11. The van der Waals surface area contributed by atoms with E-state index in [0.29, 0.717) is 0 Å². The summed E-state index contributed by atoms with van der Waals surface area (Å²) in [4.78, 5) is 0. The van der Waals surface area contributed by atoms with Crippen molar-refractivity contribution in [1.29, 1.82) is 0 Å². The topological polar surface area (TPSA) is 12.0 Å². The predicted molar refractivity (Wildman–Crippen MR) is 81.2 cm³/mol. The van der Waals surface area contributed by atoms with Crippen molar-refractivity contribution in [3.8, 4) is 0 Å². The number of hydrogen-bond donors (Lipinski definition) is 1. The molecule has 3 aliphatic rings. The van der Waals surface area contributed by atoms with Gasteiger partial charge in [-0.1, -0.05) is 19.3 Å². The van der Waals surface area contributed by atoms with E-state index in [2.05, 4.69) is 23.3 Å². The molecular weight excluding hydrogens is 238 g/mol. The normalized spacial score (nSPS) is 34.3. The Morgan fingerprint density at radius 3 is 2.00 bits per heavy atom. The van der Waals surface area contributed by atoms with Gasteiger partial charge in [-0.3, -0.25) is 0 Å². The molecule has 0 aliphatic heterocycles. The van der Waals surface area contributed by atoms with Gasteiger partial charge in [-0.2, -0.15) is 11.8 Å². The number of thioether (sulfide) groups is 1. The molecule has 0 aromatic rings. The van der Waals surface area contributed by atoms with Gasteiger partial charge in [0.2, 0.25) is 0 Å². The van der Waals surface area contributed by atoms with Crippen LogP contribution in [0.25, 0.3) is 0 Å². The van der Waals surface area contributed by atoms with E-state index in [1.54, 1.807) is 0 Å². The summed E-state index contributed by atoms with van der Waals surface area (Å²) in [5.41, 5.74) is 0. The number of rotatable bonds is 5. The molecule has 0 spiro atoms. The fraction of sp³-hybridized carbons (Fsp3) is 1.00. The Bertz CT molecular complexity index is 246. The van der Waals surface area contributed by atoms with Gasteiger partial charge in [-0.05, 0) is 63.0 Å². The molecule has 3 rings (SSSR count). The smallest absolute Gasteiger partial charge is 0.0126 e. The van der Waals surface area contributed by atoms with Crippen LogP contribution < -0.4 is 5.32 Å². The Labute approximate surface area is 117 Å². The lowest BCUT2D eigenvalue weighted by molar-refractivity contribution is 0.107. The van der Waals surface area contributed by atoms with E-state index in [1.807, 2.05) is 0 Å². The van der Waals surface area contributed by atoms with E-state index in [4.69, 9.17) is 0 Å². The molecule has 2 unspecified atom stereocenters. The van der Waals surface area contributed by atoms with Gasteiger partial charge in [0.1, 0.15) is 0 Å². The zero-order valence-corrected chi connectivity index (χ0v) is 12.7. The molecule has 0 amide bonds. The van der Waals surface area contributed by atoms with Crippen LogP contribution in [0.1, 0.15) is 64.2 Å². The third-order valence-electron chi connectivity index (χ3n) is 5.70. The Morgan fingerprint density at radius 2 is 1.50 bits per heavy atom. The van der Waals surface area contributed by atoms with Crippen molar-refractivity contribution in [3.63, 3.8) is 0 Å². The highest BCUT2D eigenvalue weighted by Gasteiger charge is 2.37. The van der Waals surface area contributed by atoms with Gasteiger partial charge in [0, 0.05) is 17.3 Å². The largest absolute Gasteiger partial charge is 0.311 e. The van der Waals surface area contributed by atoms with Crippen LogP contribution >= 0.6 is 11.8 Å². The van der Waals surface area contributed by atoms with Crippen LogP contribution in [0.15, 0.2) is 0 Å². The van der Waals surface area contributed by atoms with Gasteiger partial charge in [-0.15, -0.1) is 0 Å². The van der Waals surface area contributed by atoms with E-state index in [9.17, 15) is 0 Å². The van der Waals surface area contributed by atoms with Crippen LogP contribution in [0.5, 0.6) is 0 Å². The molecule has 0 heterocycles. The van der Waals surface area contributed by atoms with E-state index in [-0.39, 0.29) is 0 Å². The summed E-state index contributed by atoms with van der Waals surface area (Å²) in [5.74, 6) is 2.06. The molecular formula is C16H29NS. The summed E-state index contributed by atoms with van der Waals surface area (Å²) >= 11 is 2.09. The van der Waals surface area contributed by atoms with Gasteiger partial charge in [0.15, 0.2) is 0 Å². The molecule has 3 aliphatic carbocycles. The van der Waals surface area contributed by atoms with Crippen molar-refractivity contribution in [2.45, 2.75) is 81.5 Å². The summed E-state index contributed by atoms with van der Waals surface area (Å²) in [5, 5.41) is 5.04. The highest BCUT2D eigenvalue weighted by atomic mass is 32.2. The Kier molecular flexibility index (Phi) is 4.56.